The minimum atomic E-state index is 0.890. The van der Waals surface area contributed by atoms with Gasteiger partial charge in [0.1, 0.15) is 0 Å². The van der Waals surface area contributed by atoms with E-state index in [0.29, 0.717) is 0 Å². The Morgan fingerprint density at radius 3 is 2.40 bits per heavy atom. The van der Waals surface area contributed by atoms with Crippen LogP contribution in [0.1, 0.15) is 22.3 Å². The molecular formula is C18H21N2+. The molecule has 1 heterocycles. The third kappa shape index (κ3) is 2.01. The molecule has 1 aliphatic rings. The van der Waals surface area contributed by atoms with E-state index >= 15 is 0 Å². The van der Waals surface area contributed by atoms with Crippen molar-refractivity contribution in [1.82, 2.24) is 0 Å². The molecule has 0 aliphatic carbocycles. The van der Waals surface area contributed by atoms with Gasteiger partial charge in [0.2, 0.25) is 12.4 Å². The molecule has 0 saturated carbocycles. The average molecular weight is 265 g/mol. The van der Waals surface area contributed by atoms with E-state index in [0.717, 1.165) is 6.67 Å². The van der Waals surface area contributed by atoms with Crippen molar-refractivity contribution in [3.63, 3.8) is 0 Å². The van der Waals surface area contributed by atoms with Crippen molar-refractivity contribution in [1.29, 1.82) is 0 Å². The molecule has 1 aliphatic heterocycles. The third-order valence-corrected chi connectivity index (χ3v) is 4.18. The summed E-state index contributed by atoms with van der Waals surface area (Å²) >= 11 is 0. The zero-order valence-electron chi connectivity index (χ0n) is 12.6. The van der Waals surface area contributed by atoms with Crippen LogP contribution in [0.2, 0.25) is 0 Å². The quantitative estimate of drug-likeness (QED) is 0.711. The van der Waals surface area contributed by atoms with Gasteiger partial charge in [0.25, 0.3) is 0 Å². The second-order valence-electron chi connectivity index (χ2n) is 5.67. The topological polar surface area (TPSA) is 6.25 Å². The first-order valence-corrected chi connectivity index (χ1v) is 7.06. The molecule has 102 valence electrons. The van der Waals surface area contributed by atoms with E-state index in [2.05, 4.69) is 79.9 Å². The summed E-state index contributed by atoms with van der Waals surface area (Å²) in [5.41, 5.74) is 8.05. The van der Waals surface area contributed by atoms with Crippen LogP contribution in [0.5, 0.6) is 0 Å². The van der Waals surface area contributed by atoms with Crippen LogP contribution >= 0.6 is 0 Å². The molecule has 3 rings (SSSR count). The SMILES string of the molecule is Cc1cc(C)c2c(c1C)N(C)C[N+](c1ccccc1)=C2. The molecule has 20 heavy (non-hydrogen) atoms. The highest BCUT2D eigenvalue weighted by atomic mass is 15.3. The fourth-order valence-electron chi connectivity index (χ4n) is 3.01. The van der Waals surface area contributed by atoms with Crippen LogP contribution < -0.4 is 4.90 Å². The summed E-state index contributed by atoms with van der Waals surface area (Å²) in [6.07, 6.45) is 2.28. The van der Waals surface area contributed by atoms with E-state index in [1.54, 1.807) is 0 Å². The summed E-state index contributed by atoms with van der Waals surface area (Å²) in [6, 6.07) is 12.8. The van der Waals surface area contributed by atoms with E-state index in [9.17, 15) is 0 Å². The van der Waals surface area contributed by atoms with Crippen LogP contribution in [-0.2, 0) is 0 Å². The van der Waals surface area contributed by atoms with Gasteiger partial charge in [0, 0.05) is 19.2 Å². The highest BCUT2D eigenvalue weighted by Gasteiger charge is 2.25. The van der Waals surface area contributed by atoms with Gasteiger partial charge in [-0.05, 0) is 37.5 Å². The number of para-hydroxylation sites is 1. The molecule has 0 saturated heterocycles. The van der Waals surface area contributed by atoms with Crippen LogP contribution in [0.15, 0.2) is 36.4 Å². The number of nitrogens with zero attached hydrogens (tertiary/aromatic N) is 2. The van der Waals surface area contributed by atoms with Gasteiger partial charge in [0.05, 0.1) is 11.3 Å². The lowest BCUT2D eigenvalue weighted by Crippen LogP contribution is -2.33. The molecule has 0 spiro atoms. The molecule has 0 atom stereocenters. The van der Waals surface area contributed by atoms with Crippen LogP contribution in [0.4, 0.5) is 11.4 Å². The molecular weight excluding hydrogens is 244 g/mol. The molecule has 2 aromatic rings. The minimum Gasteiger partial charge on any atom is -0.319 e. The van der Waals surface area contributed by atoms with Gasteiger partial charge in [-0.1, -0.05) is 24.3 Å². The van der Waals surface area contributed by atoms with Crippen molar-refractivity contribution in [3.05, 3.63) is 58.7 Å². The maximum atomic E-state index is 2.34. The maximum absolute atomic E-state index is 2.34. The van der Waals surface area contributed by atoms with Gasteiger partial charge in [-0.15, -0.1) is 0 Å². The third-order valence-electron chi connectivity index (χ3n) is 4.18. The maximum Gasteiger partial charge on any atom is 0.224 e. The molecule has 0 amide bonds. The Labute approximate surface area is 121 Å². The molecule has 2 nitrogen and oxygen atoms in total. The predicted molar refractivity (Wildman–Crippen MR) is 85.5 cm³/mol. The van der Waals surface area contributed by atoms with Crippen molar-refractivity contribution in [2.75, 3.05) is 18.6 Å². The summed E-state index contributed by atoms with van der Waals surface area (Å²) in [5, 5.41) is 0. The summed E-state index contributed by atoms with van der Waals surface area (Å²) in [7, 11) is 2.17. The predicted octanol–water partition coefficient (Wildman–Crippen LogP) is 3.78. The Morgan fingerprint density at radius 2 is 1.70 bits per heavy atom. The number of hydrogen-bond acceptors (Lipinski definition) is 1. The molecule has 0 unspecified atom stereocenters. The van der Waals surface area contributed by atoms with Gasteiger partial charge in [0.15, 0.2) is 6.21 Å². The van der Waals surface area contributed by atoms with Crippen molar-refractivity contribution in [2.24, 2.45) is 0 Å². The first-order valence-electron chi connectivity index (χ1n) is 7.06. The van der Waals surface area contributed by atoms with E-state index in [1.807, 2.05) is 0 Å². The van der Waals surface area contributed by atoms with Crippen molar-refractivity contribution in [2.45, 2.75) is 20.8 Å². The summed E-state index contributed by atoms with van der Waals surface area (Å²) < 4.78 is 2.31. The lowest BCUT2D eigenvalue weighted by atomic mass is 9.96. The second-order valence-corrected chi connectivity index (χ2v) is 5.67. The zero-order chi connectivity index (χ0) is 14.3. The molecule has 0 aromatic heterocycles. The molecule has 2 aromatic carbocycles. The zero-order valence-corrected chi connectivity index (χ0v) is 12.6. The fourth-order valence-corrected chi connectivity index (χ4v) is 3.01. The normalized spacial score (nSPS) is 14.0. The first-order chi connectivity index (χ1) is 9.58. The lowest BCUT2D eigenvalue weighted by molar-refractivity contribution is -0.435. The number of hydrogen-bond donors (Lipinski definition) is 0. The monoisotopic (exact) mass is 265 g/mol. The average Bonchev–Trinajstić information content (AvgIpc) is 2.45. The van der Waals surface area contributed by atoms with E-state index < -0.39 is 0 Å². The van der Waals surface area contributed by atoms with Crippen LogP contribution in [-0.4, -0.2) is 24.5 Å². The minimum absolute atomic E-state index is 0.890. The summed E-state index contributed by atoms with van der Waals surface area (Å²) in [6.45, 7) is 7.50. The Morgan fingerprint density at radius 1 is 1.00 bits per heavy atom. The summed E-state index contributed by atoms with van der Waals surface area (Å²) in [4.78, 5) is 2.34. The second kappa shape index (κ2) is 4.78. The van der Waals surface area contributed by atoms with Gasteiger partial charge < -0.3 is 4.90 Å². The first kappa shape index (κ1) is 12.9. The number of fused-ring (bicyclic) bond motifs is 1. The largest absolute Gasteiger partial charge is 0.319 e. The highest BCUT2D eigenvalue weighted by molar-refractivity contribution is 5.90. The number of benzene rings is 2. The number of aryl methyl sites for hydroxylation is 2. The van der Waals surface area contributed by atoms with Crippen LogP contribution in [0.3, 0.4) is 0 Å². The van der Waals surface area contributed by atoms with Crippen molar-refractivity contribution in [3.8, 4) is 0 Å². The Hall–Kier alpha value is -2.09. The van der Waals surface area contributed by atoms with Gasteiger partial charge in [-0.2, -0.15) is 4.58 Å². The smallest absolute Gasteiger partial charge is 0.224 e. The molecule has 0 radical (unpaired) electrons. The van der Waals surface area contributed by atoms with Crippen LogP contribution in [0.25, 0.3) is 0 Å². The standard InChI is InChI=1S/C18H21N2/c1-13-10-14(2)17-11-20(16-8-6-5-7-9-16)12-19(4)18(17)15(13)3/h5-11H,12H2,1-4H3/q+1. The Bertz CT molecular complexity index is 684. The van der Waals surface area contributed by atoms with Crippen molar-refractivity contribution < 1.29 is 4.58 Å². The molecule has 0 N–H and O–H groups in total. The fraction of sp³-hybridized carbons (Fsp3) is 0.278. The Balaban J connectivity index is 2.19. The van der Waals surface area contributed by atoms with Gasteiger partial charge in [-0.3, -0.25) is 0 Å². The molecule has 0 fully saturated rings. The van der Waals surface area contributed by atoms with Gasteiger partial charge >= 0.3 is 0 Å². The van der Waals surface area contributed by atoms with Crippen molar-refractivity contribution >= 4 is 17.6 Å². The van der Waals surface area contributed by atoms with E-state index in [-0.39, 0.29) is 0 Å². The van der Waals surface area contributed by atoms with Crippen LogP contribution in [0, 0.1) is 20.8 Å². The van der Waals surface area contributed by atoms with Gasteiger partial charge in [-0.25, -0.2) is 0 Å². The molecule has 0 bridgehead atoms. The number of anilines is 1. The Kier molecular flexibility index (Phi) is 3.09. The molecule has 2 heteroatoms. The number of rotatable bonds is 1. The summed E-state index contributed by atoms with van der Waals surface area (Å²) in [5.74, 6) is 0. The van der Waals surface area contributed by atoms with E-state index in [1.165, 1.54) is 33.6 Å². The highest BCUT2D eigenvalue weighted by Crippen LogP contribution is 2.32. The van der Waals surface area contributed by atoms with E-state index in [4.69, 9.17) is 0 Å². The lowest BCUT2D eigenvalue weighted by Gasteiger charge is -2.27.